The van der Waals surface area contributed by atoms with Gasteiger partial charge >= 0.3 is 33.6 Å². The molecule has 0 saturated heterocycles. The van der Waals surface area contributed by atoms with E-state index in [1.807, 2.05) is 0 Å². The van der Waals surface area contributed by atoms with Crippen molar-refractivity contribution < 1.29 is 75.8 Å². The number of hydrogen-bond acceptors (Lipinski definition) is 14. The first-order chi connectivity index (χ1) is 48.2. The van der Waals surface area contributed by atoms with E-state index in [4.69, 9.17) is 32.3 Å². The molecule has 0 amide bonds. The van der Waals surface area contributed by atoms with Crippen LogP contribution in [0.2, 0.25) is 0 Å². The Morgan fingerprint density at radius 1 is 0.293 bits per heavy atom. The summed E-state index contributed by atoms with van der Waals surface area (Å²) in [5, 5.41) is 20.6. The number of aliphatic hydroxyl groups is 2. The second-order valence-corrected chi connectivity index (χ2v) is 28.3. The van der Waals surface area contributed by atoms with Crippen molar-refractivity contribution in [3.63, 3.8) is 0 Å². The van der Waals surface area contributed by atoms with Gasteiger partial charge in [0.1, 0.15) is 25.4 Å². The van der Waals surface area contributed by atoms with Gasteiger partial charge in [0.15, 0.2) is 6.10 Å². The van der Waals surface area contributed by atoms with Gasteiger partial charge in [-0.05, 0) is 135 Å². The fourth-order valence-corrected chi connectivity index (χ4v) is 11.6. The lowest BCUT2D eigenvalue weighted by atomic mass is 10.0. The van der Waals surface area contributed by atoms with Crippen LogP contribution in [0.3, 0.4) is 0 Å². The molecule has 5 unspecified atom stereocenters. The molecule has 0 aliphatic heterocycles. The predicted molar refractivity (Wildman–Crippen MR) is 408 cm³/mol. The van der Waals surface area contributed by atoms with E-state index in [1.54, 1.807) is 0 Å². The van der Waals surface area contributed by atoms with Crippen molar-refractivity contribution in [1.82, 2.24) is 0 Å². The van der Waals surface area contributed by atoms with Crippen LogP contribution in [0.25, 0.3) is 0 Å². The van der Waals surface area contributed by atoms with Crippen LogP contribution in [0.4, 0.5) is 0 Å². The van der Waals surface area contributed by atoms with E-state index in [2.05, 4.69) is 154 Å². The molecule has 18 heteroatoms. The van der Waals surface area contributed by atoms with Crippen molar-refractivity contribution in [2.75, 3.05) is 39.6 Å². The third-order valence-electron chi connectivity index (χ3n) is 15.8. The molecule has 4 N–H and O–H groups in total. The quantitative estimate of drug-likeness (QED) is 0.0146. The molecule has 0 aromatic carbocycles. The first-order valence-corrected chi connectivity index (χ1v) is 41.5. The number of ether oxygens (including phenoxy) is 3. The molecule has 99 heavy (non-hydrogen) atoms. The maximum Gasteiger partial charge on any atom is 0.472 e. The molecule has 0 aliphatic carbocycles. The Morgan fingerprint density at radius 3 is 0.848 bits per heavy atom. The van der Waals surface area contributed by atoms with E-state index in [0.717, 1.165) is 148 Å². The lowest BCUT2D eigenvalue weighted by Crippen LogP contribution is -2.30. The SMILES string of the molecule is CC/C=C\C/C=C\C/C=C\C/C=C\C/C=C\CCCCCCCCCCCCCCCCCC(=O)OCC(O)COP(=O)(O)OCC(O)COP(=O)(O)OCC(COC(=O)CCCCCC/C=C\C/C=C\C/C=C\C/C=C\CC)OC(=O)CCCCCCC/C=C\C/C=C\CCCCC. The summed E-state index contributed by atoms with van der Waals surface area (Å²) >= 11 is 0. The Labute approximate surface area is 601 Å². The second kappa shape index (κ2) is 73.4. The first kappa shape index (κ1) is 94.7. The minimum atomic E-state index is -4.94. The van der Waals surface area contributed by atoms with E-state index in [9.17, 15) is 43.5 Å². The van der Waals surface area contributed by atoms with Crippen molar-refractivity contribution >= 4 is 33.6 Å². The Morgan fingerprint density at radius 2 is 0.535 bits per heavy atom. The van der Waals surface area contributed by atoms with E-state index >= 15 is 0 Å². The highest BCUT2D eigenvalue weighted by Crippen LogP contribution is 2.45. The lowest BCUT2D eigenvalue weighted by molar-refractivity contribution is -0.161. The van der Waals surface area contributed by atoms with E-state index in [0.29, 0.717) is 19.3 Å². The van der Waals surface area contributed by atoms with Gasteiger partial charge in [-0.2, -0.15) is 0 Å². The molecule has 0 spiro atoms. The zero-order valence-electron chi connectivity index (χ0n) is 61.9. The fraction of sp³-hybridized carbons (Fsp3) is 0.691. The summed E-state index contributed by atoms with van der Waals surface area (Å²) in [6.45, 7) is 2.38. The zero-order valence-corrected chi connectivity index (χ0v) is 63.7. The van der Waals surface area contributed by atoms with Crippen LogP contribution in [0.15, 0.2) is 134 Å². The number of esters is 3. The minimum Gasteiger partial charge on any atom is -0.463 e. The molecule has 0 aromatic heterocycles. The molecule has 0 heterocycles. The smallest absolute Gasteiger partial charge is 0.463 e. The van der Waals surface area contributed by atoms with Crippen LogP contribution in [-0.4, -0.2) is 95.9 Å². The molecule has 16 nitrogen and oxygen atoms in total. The number of carbonyl (C=O) groups is 3. The molecule has 0 aliphatic rings. The summed E-state index contributed by atoms with van der Waals surface area (Å²) in [5.74, 6) is -1.62. The first-order valence-electron chi connectivity index (χ1n) is 38.5. The van der Waals surface area contributed by atoms with Gasteiger partial charge in [-0.3, -0.25) is 32.5 Å². The molecule has 0 radical (unpaired) electrons. The van der Waals surface area contributed by atoms with Crippen molar-refractivity contribution in [2.24, 2.45) is 0 Å². The van der Waals surface area contributed by atoms with Gasteiger partial charge in [-0.15, -0.1) is 0 Å². The highest BCUT2D eigenvalue weighted by Gasteiger charge is 2.29. The highest BCUT2D eigenvalue weighted by atomic mass is 31.2. The van der Waals surface area contributed by atoms with Crippen LogP contribution >= 0.6 is 15.6 Å². The highest BCUT2D eigenvalue weighted by molar-refractivity contribution is 7.47. The topological polar surface area (TPSA) is 231 Å². The Balaban J connectivity index is 4.48. The molecular formula is C81H138O16P2. The summed E-state index contributed by atoms with van der Waals surface area (Å²) in [6.07, 6.45) is 88.0. The monoisotopic (exact) mass is 1430 g/mol. The maximum absolute atomic E-state index is 12.9. The lowest BCUT2D eigenvalue weighted by Gasteiger charge is -2.21. The van der Waals surface area contributed by atoms with Gasteiger partial charge in [0, 0.05) is 19.3 Å². The Bertz CT molecular complexity index is 2330. The second-order valence-electron chi connectivity index (χ2n) is 25.4. The summed E-state index contributed by atoms with van der Waals surface area (Å²) in [6, 6.07) is 0. The van der Waals surface area contributed by atoms with Gasteiger partial charge < -0.3 is 34.2 Å². The van der Waals surface area contributed by atoms with Crippen LogP contribution in [0, 0.1) is 0 Å². The molecule has 0 bridgehead atoms. The number of hydrogen-bond donors (Lipinski definition) is 4. The summed E-state index contributed by atoms with van der Waals surface area (Å²) in [4.78, 5) is 58.5. The van der Waals surface area contributed by atoms with Crippen LogP contribution in [-0.2, 0) is 55.8 Å². The molecule has 568 valence electrons. The van der Waals surface area contributed by atoms with Crippen LogP contribution in [0.1, 0.15) is 303 Å². The van der Waals surface area contributed by atoms with Gasteiger partial charge in [0.05, 0.1) is 26.4 Å². The number of allylic oxidation sites excluding steroid dienone is 22. The molecule has 5 atom stereocenters. The summed E-state index contributed by atoms with van der Waals surface area (Å²) in [7, 11) is -9.80. The van der Waals surface area contributed by atoms with Crippen molar-refractivity contribution in [1.29, 1.82) is 0 Å². The van der Waals surface area contributed by atoms with Gasteiger partial charge in [-0.25, -0.2) is 9.13 Å². The van der Waals surface area contributed by atoms with E-state index < -0.39 is 91.5 Å². The van der Waals surface area contributed by atoms with Crippen LogP contribution in [0.5, 0.6) is 0 Å². The number of aliphatic hydroxyl groups excluding tert-OH is 2. The van der Waals surface area contributed by atoms with Gasteiger partial charge in [0.2, 0.25) is 0 Å². The zero-order chi connectivity index (χ0) is 72.3. The van der Waals surface area contributed by atoms with Gasteiger partial charge in [0.25, 0.3) is 0 Å². The Hall–Kier alpha value is -4.31. The molecule has 0 fully saturated rings. The third kappa shape index (κ3) is 74.7. The average Bonchev–Trinajstić information content (AvgIpc) is 2.96. The summed E-state index contributed by atoms with van der Waals surface area (Å²) in [5.41, 5.74) is 0. The maximum atomic E-state index is 12.9. The van der Waals surface area contributed by atoms with Crippen molar-refractivity contribution in [3.05, 3.63) is 134 Å². The average molecular weight is 1430 g/mol. The van der Waals surface area contributed by atoms with E-state index in [1.165, 1.54) is 96.3 Å². The minimum absolute atomic E-state index is 0.0806. The molecule has 0 aromatic rings. The molecular weight excluding hydrogens is 1290 g/mol. The fourth-order valence-electron chi connectivity index (χ4n) is 10.0. The number of unbranched alkanes of at least 4 members (excludes halogenated alkanes) is 27. The van der Waals surface area contributed by atoms with Gasteiger partial charge in [-0.1, -0.05) is 283 Å². The third-order valence-corrected chi connectivity index (χ3v) is 17.7. The Kier molecular flexibility index (Phi) is 70.2. The molecule has 0 saturated carbocycles. The van der Waals surface area contributed by atoms with E-state index in [-0.39, 0.29) is 19.3 Å². The van der Waals surface area contributed by atoms with Crippen molar-refractivity contribution in [3.8, 4) is 0 Å². The number of carbonyl (C=O) groups excluding carboxylic acids is 3. The number of rotatable bonds is 72. The number of phosphoric acid groups is 2. The van der Waals surface area contributed by atoms with Crippen LogP contribution < -0.4 is 0 Å². The van der Waals surface area contributed by atoms with Crippen molar-refractivity contribution in [2.45, 2.75) is 322 Å². The normalized spacial score (nSPS) is 14.8. The molecule has 0 rings (SSSR count). The summed E-state index contributed by atoms with van der Waals surface area (Å²) < 4.78 is 61.0. The largest absolute Gasteiger partial charge is 0.472 e. The number of phosphoric ester groups is 2. The predicted octanol–water partition coefficient (Wildman–Crippen LogP) is 22.3. The standard InChI is InChI=1S/C81H138O16P2/c1-4-7-10-13-16-19-22-25-28-30-31-32-33-34-35-36-37-38-39-40-41-42-43-45-48-49-52-55-58-61-64-67-79(84)91-70-76(82)71-93-98(87,88)94-72-77(83)73-95-99(89,90)96-75-78(97-81(86)69-66-63-60-57-54-51-46-27-24-21-18-15-12-9-6-3)74-92-80(85)68-65-62-59-56-53-50-47-44-29-26-23-20-17-14-11-8-5-2/h7-8,10-11,16-21,25-29,31-32,34-35,46-47,50,76-78,82-83H,4-6,9,12-15,22-24,30,33,36-45,48-49,51-75H2,1-3H3,(H,87,88)(H,89,90)/b10-7-,11-8-,19-16-,20-17-,21-18-,28-25-,29-26-,32-31-,35-34-,46-27-,50-47-.